The van der Waals surface area contributed by atoms with Crippen molar-refractivity contribution in [2.75, 3.05) is 54.4 Å². The van der Waals surface area contributed by atoms with E-state index < -0.39 is 0 Å². The average molecular weight is 494 g/mol. The summed E-state index contributed by atoms with van der Waals surface area (Å²) < 4.78 is 0. The van der Waals surface area contributed by atoms with Crippen LogP contribution in [0, 0.1) is 5.92 Å². The van der Waals surface area contributed by atoms with Crippen LogP contribution in [0.5, 0.6) is 0 Å². The minimum Gasteiger partial charge on any atom is -0.369 e. The fraction of sp³-hybridized carbons (Fsp3) is 0.481. The normalized spacial score (nSPS) is 26.0. The number of nitrogens with one attached hydrogen (secondary N) is 2. The quantitative estimate of drug-likeness (QED) is 0.666. The maximum Gasteiger partial charge on any atom is 0.251 e. The van der Waals surface area contributed by atoms with Crippen LogP contribution in [0.4, 0.5) is 17.1 Å². The Morgan fingerprint density at radius 1 is 1.06 bits per heavy atom. The standard InChI is InChI=1S/C27H32ClN5O2/c28-20-4-3-5-21(16-20)31-10-12-32(13-11-31)25-15-19(25)17-29-26(34)18-7-8-23-22(14-18)30-27(35)24-6-1-2-9-33(23)24/h3-5,7-8,14,16,19,24-25H,1-2,6,9-13,15,17H2,(H,29,34)(H,30,35). The molecule has 0 spiro atoms. The molecule has 1 saturated carbocycles. The van der Waals surface area contributed by atoms with Gasteiger partial charge in [-0.25, -0.2) is 0 Å². The molecule has 35 heavy (non-hydrogen) atoms. The number of carbonyl (C=O) groups is 2. The van der Waals surface area contributed by atoms with Gasteiger partial charge in [0.2, 0.25) is 5.91 Å². The summed E-state index contributed by atoms with van der Waals surface area (Å²) in [7, 11) is 0. The fourth-order valence-electron chi connectivity index (χ4n) is 5.95. The summed E-state index contributed by atoms with van der Waals surface area (Å²) in [5.41, 5.74) is 3.58. The maximum absolute atomic E-state index is 12.9. The Bertz CT molecular complexity index is 1130. The van der Waals surface area contributed by atoms with Crippen molar-refractivity contribution in [3.05, 3.63) is 53.1 Å². The predicted octanol–water partition coefficient (Wildman–Crippen LogP) is 3.59. The molecule has 2 aromatic carbocycles. The highest BCUT2D eigenvalue weighted by Crippen LogP contribution is 2.38. The summed E-state index contributed by atoms with van der Waals surface area (Å²) in [6.07, 6.45) is 4.22. The van der Waals surface area contributed by atoms with Gasteiger partial charge in [0.1, 0.15) is 6.04 Å². The molecular weight excluding hydrogens is 462 g/mol. The number of amides is 2. The molecule has 3 aliphatic heterocycles. The monoisotopic (exact) mass is 493 g/mol. The molecular formula is C27H32ClN5O2. The summed E-state index contributed by atoms with van der Waals surface area (Å²) in [5.74, 6) is 0.480. The molecule has 3 atom stereocenters. The zero-order valence-electron chi connectivity index (χ0n) is 19.9. The molecule has 3 unspecified atom stereocenters. The van der Waals surface area contributed by atoms with E-state index in [0.717, 1.165) is 74.8 Å². The summed E-state index contributed by atoms with van der Waals surface area (Å²) in [4.78, 5) is 32.5. The molecule has 7 nitrogen and oxygen atoms in total. The van der Waals surface area contributed by atoms with E-state index in [4.69, 9.17) is 11.6 Å². The Kier molecular flexibility index (Phi) is 6.06. The van der Waals surface area contributed by atoms with Gasteiger partial charge < -0.3 is 20.4 Å². The zero-order chi connectivity index (χ0) is 23.9. The van der Waals surface area contributed by atoms with Gasteiger partial charge in [0.25, 0.3) is 5.91 Å². The van der Waals surface area contributed by atoms with E-state index in [9.17, 15) is 9.59 Å². The molecule has 0 bridgehead atoms. The lowest BCUT2D eigenvalue weighted by atomic mass is 9.97. The Morgan fingerprint density at radius 2 is 1.91 bits per heavy atom. The first-order valence-electron chi connectivity index (χ1n) is 12.8. The first-order valence-corrected chi connectivity index (χ1v) is 13.2. The second-order valence-corrected chi connectivity index (χ2v) is 10.6. The lowest BCUT2D eigenvalue weighted by Crippen LogP contribution is -2.50. The highest BCUT2D eigenvalue weighted by molar-refractivity contribution is 6.30. The molecule has 2 amide bonds. The van der Waals surface area contributed by atoms with Crippen molar-refractivity contribution in [2.45, 2.75) is 37.8 Å². The van der Waals surface area contributed by atoms with Crippen LogP contribution >= 0.6 is 11.6 Å². The van der Waals surface area contributed by atoms with Crippen LogP contribution < -0.4 is 20.4 Å². The van der Waals surface area contributed by atoms with Gasteiger partial charge in [0.15, 0.2) is 0 Å². The molecule has 184 valence electrons. The van der Waals surface area contributed by atoms with Crippen LogP contribution in [0.2, 0.25) is 5.02 Å². The third-order valence-electron chi connectivity index (χ3n) is 8.00. The van der Waals surface area contributed by atoms with E-state index in [1.807, 2.05) is 36.4 Å². The molecule has 6 rings (SSSR count). The van der Waals surface area contributed by atoms with Crippen LogP contribution in [0.3, 0.4) is 0 Å². The van der Waals surface area contributed by atoms with Crippen molar-refractivity contribution in [2.24, 2.45) is 5.92 Å². The molecule has 2 N–H and O–H groups in total. The van der Waals surface area contributed by atoms with Gasteiger partial charge in [-0.2, -0.15) is 0 Å². The highest BCUT2D eigenvalue weighted by atomic mass is 35.5. The van der Waals surface area contributed by atoms with Crippen molar-refractivity contribution in [1.29, 1.82) is 0 Å². The molecule has 3 heterocycles. The second-order valence-electron chi connectivity index (χ2n) is 10.2. The van der Waals surface area contributed by atoms with E-state index in [0.29, 0.717) is 24.1 Å². The molecule has 3 fully saturated rings. The highest BCUT2D eigenvalue weighted by Gasteiger charge is 2.42. The summed E-state index contributed by atoms with van der Waals surface area (Å²) in [6, 6.07) is 14.2. The smallest absolute Gasteiger partial charge is 0.251 e. The SMILES string of the molecule is O=C(NCC1CC1N1CCN(c2cccc(Cl)c2)CC1)c1ccc2c(c1)NC(=O)C1CCCCN21. The van der Waals surface area contributed by atoms with Gasteiger partial charge in [-0.05, 0) is 68.0 Å². The number of benzene rings is 2. The Morgan fingerprint density at radius 3 is 2.74 bits per heavy atom. The molecule has 1 aliphatic carbocycles. The topological polar surface area (TPSA) is 67.9 Å². The van der Waals surface area contributed by atoms with Crippen molar-refractivity contribution in [3.63, 3.8) is 0 Å². The summed E-state index contributed by atoms with van der Waals surface area (Å²) in [5, 5.41) is 6.93. The Labute approximate surface area is 211 Å². The number of halogens is 1. The third kappa shape index (κ3) is 4.59. The fourth-order valence-corrected chi connectivity index (χ4v) is 6.13. The lowest BCUT2D eigenvalue weighted by molar-refractivity contribution is -0.118. The molecule has 4 aliphatic rings. The van der Waals surface area contributed by atoms with Gasteiger partial charge in [-0.1, -0.05) is 17.7 Å². The van der Waals surface area contributed by atoms with Crippen LogP contribution in [0.1, 0.15) is 36.0 Å². The predicted molar refractivity (Wildman–Crippen MR) is 140 cm³/mol. The van der Waals surface area contributed by atoms with Crippen LogP contribution in [-0.4, -0.2) is 68.1 Å². The van der Waals surface area contributed by atoms with Gasteiger partial charge in [0, 0.05) is 61.6 Å². The number of hydrogen-bond donors (Lipinski definition) is 2. The third-order valence-corrected chi connectivity index (χ3v) is 8.23. The Balaban J connectivity index is 1.00. The molecule has 0 aromatic heterocycles. The minimum atomic E-state index is -0.0740. The number of anilines is 3. The number of piperidine rings is 1. The number of fused-ring (bicyclic) bond motifs is 3. The molecule has 2 saturated heterocycles. The summed E-state index contributed by atoms with van der Waals surface area (Å²) >= 11 is 6.15. The zero-order valence-corrected chi connectivity index (χ0v) is 20.6. The van der Waals surface area contributed by atoms with Gasteiger partial charge in [-0.15, -0.1) is 0 Å². The van der Waals surface area contributed by atoms with E-state index in [1.165, 1.54) is 5.69 Å². The van der Waals surface area contributed by atoms with Crippen molar-refractivity contribution >= 4 is 40.5 Å². The van der Waals surface area contributed by atoms with Crippen molar-refractivity contribution < 1.29 is 9.59 Å². The molecule has 2 aromatic rings. The maximum atomic E-state index is 12.9. The van der Waals surface area contributed by atoms with Crippen molar-refractivity contribution in [3.8, 4) is 0 Å². The van der Waals surface area contributed by atoms with Crippen LogP contribution in [0.15, 0.2) is 42.5 Å². The van der Waals surface area contributed by atoms with E-state index in [-0.39, 0.29) is 17.9 Å². The molecule has 8 heteroatoms. The average Bonchev–Trinajstić information content (AvgIpc) is 3.67. The first kappa shape index (κ1) is 22.7. The number of hydrogen-bond acceptors (Lipinski definition) is 5. The lowest BCUT2D eigenvalue weighted by Gasteiger charge is -2.41. The number of carbonyl (C=O) groups excluding carboxylic acids is 2. The van der Waals surface area contributed by atoms with E-state index in [1.54, 1.807) is 0 Å². The number of rotatable bonds is 5. The van der Waals surface area contributed by atoms with Crippen molar-refractivity contribution in [1.82, 2.24) is 10.2 Å². The number of nitrogens with zero attached hydrogens (tertiary/aromatic N) is 3. The van der Waals surface area contributed by atoms with E-state index in [2.05, 4.69) is 31.4 Å². The van der Waals surface area contributed by atoms with Crippen LogP contribution in [0.25, 0.3) is 0 Å². The van der Waals surface area contributed by atoms with Gasteiger partial charge >= 0.3 is 0 Å². The number of piperazine rings is 1. The summed E-state index contributed by atoms with van der Waals surface area (Å²) in [6.45, 7) is 5.64. The minimum absolute atomic E-state index is 0.0473. The molecule has 0 radical (unpaired) electrons. The van der Waals surface area contributed by atoms with Gasteiger partial charge in [0.05, 0.1) is 11.4 Å². The second kappa shape index (κ2) is 9.36. The first-order chi connectivity index (χ1) is 17.1. The van der Waals surface area contributed by atoms with Gasteiger partial charge in [-0.3, -0.25) is 14.5 Å². The van der Waals surface area contributed by atoms with E-state index >= 15 is 0 Å². The largest absolute Gasteiger partial charge is 0.369 e. The Hall–Kier alpha value is -2.77. The van der Waals surface area contributed by atoms with Crippen LogP contribution in [-0.2, 0) is 4.79 Å².